The Hall–Kier alpha value is -2.41. The van der Waals surface area contributed by atoms with Gasteiger partial charge in [0.05, 0.1) is 7.11 Å². The summed E-state index contributed by atoms with van der Waals surface area (Å²) in [6.45, 7) is 3.36. The van der Waals surface area contributed by atoms with Crippen LogP contribution < -0.4 is 4.74 Å². The van der Waals surface area contributed by atoms with Crippen molar-refractivity contribution in [2.75, 3.05) is 26.8 Å². The van der Waals surface area contributed by atoms with E-state index in [0.29, 0.717) is 5.92 Å². The zero-order valence-electron chi connectivity index (χ0n) is 14.9. The minimum Gasteiger partial charge on any atom is -0.497 e. The average Bonchev–Trinajstić information content (AvgIpc) is 3.16. The summed E-state index contributed by atoms with van der Waals surface area (Å²) in [7, 11) is 1.61. The van der Waals surface area contributed by atoms with Crippen molar-refractivity contribution in [2.45, 2.75) is 19.8 Å². The maximum absolute atomic E-state index is 12.2. The summed E-state index contributed by atoms with van der Waals surface area (Å²) < 4.78 is 10.3. The van der Waals surface area contributed by atoms with Gasteiger partial charge in [0.15, 0.2) is 12.3 Å². The molecule has 1 aromatic heterocycles. The quantitative estimate of drug-likeness (QED) is 0.752. The van der Waals surface area contributed by atoms with Crippen LogP contribution in [0.15, 0.2) is 29.6 Å². The fourth-order valence-electron chi connectivity index (χ4n) is 2.94. The molecule has 0 spiro atoms. The van der Waals surface area contributed by atoms with E-state index in [4.69, 9.17) is 9.47 Å². The first kappa shape index (κ1) is 18.4. The molecule has 2 heterocycles. The number of rotatable bonds is 5. The van der Waals surface area contributed by atoms with Gasteiger partial charge in [-0.2, -0.15) is 0 Å². The van der Waals surface area contributed by atoms with Gasteiger partial charge in [0, 0.05) is 24.0 Å². The zero-order chi connectivity index (χ0) is 18.5. The monoisotopic (exact) mass is 374 g/mol. The van der Waals surface area contributed by atoms with Crippen molar-refractivity contribution in [1.29, 1.82) is 0 Å². The highest BCUT2D eigenvalue weighted by molar-refractivity contribution is 7.13. The molecule has 1 saturated heterocycles. The number of aromatic nitrogens is 1. The van der Waals surface area contributed by atoms with E-state index < -0.39 is 5.97 Å². The highest BCUT2D eigenvalue weighted by Crippen LogP contribution is 2.26. The third-order valence-corrected chi connectivity index (χ3v) is 5.28. The molecule has 1 atom stereocenters. The predicted molar refractivity (Wildman–Crippen MR) is 99.4 cm³/mol. The van der Waals surface area contributed by atoms with E-state index in [-0.39, 0.29) is 18.2 Å². The Kier molecular flexibility index (Phi) is 5.88. The molecule has 0 aliphatic carbocycles. The molecule has 3 rings (SSSR count). The van der Waals surface area contributed by atoms with Crippen LogP contribution in [0.3, 0.4) is 0 Å². The number of nitrogens with zero attached hydrogens (tertiary/aromatic N) is 2. The van der Waals surface area contributed by atoms with Crippen molar-refractivity contribution in [3.8, 4) is 16.3 Å². The number of hydrogen-bond donors (Lipinski definition) is 0. The van der Waals surface area contributed by atoms with Gasteiger partial charge in [-0.05, 0) is 43.0 Å². The Morgan fingerprint density at radius 1 is 1.31 bits per heavy atom. The van der Waals surface area contributed by atoms with Gasteiger partial charge in [-0.1, -0.05) is 6.92 Å². The number of carbonyl (C=O) groups excluding carboxylic acids is 2. The van der Waals surface area contributed by atoms with Gasteiger partial charge < -0.3 is 14.4 Å². The topological polar surface area (TPSA) is 68.7 Å². The third-order valence-electron chi connectivity index (χ3n) is 4.39. The SMILES string of the molecule is COc1ccc(-c2nc(C(=O)OCC(=O)N3CCCC(C)C3)cs2)cc1. The lowest BCUT2D eigenvalue weighted by Gasteiger charge is -2.30. The van der Waals surface area contributed by atoms with Crippen molar-refractivity contribution in [2.24, 2.45) is 5.92 Å². The number of benzene rings is 1. The van der Waals surface area contributed by atoms with Crippen molar-refractivity contribution in [3.63, 3.8) is 0 Å². The summed E-state index contributed by atoms with van der Waals surface area (Å²) in [6.07, 6.45) is 2.13. The molecule has 26 heavy (non-hydrogen) atoms. The lowest BCUT2D eigenvalue weighted by molar-refractivity contribution is -0.136. The van der Waals surface area contributed by atoms with Crippen LogP contribution in [-0.2, 0) is 9.53 Å². The fourth-order valence-corrected chi connectivity index (χ4v) is 3.74. The number of hydrogen-bond acceptors (Lipinski definition) is 6. The van der Waals surface area contributed by atoms with Gasteiger partial charge >= 0.3 is 5.97 Å². The molecule has 1 unspecified atom stereocenters. The average molecular weight is 374 g/mol. The molecular formula is C19H22N2O4S. The van der Waals surface area contributed by atoms with E-state index in [1.54, 1.807) is 17.4 Å². The van der Waals surface area contributed by atoms with Crippen LogP contribution in [0.2, 0.25) is 0 Å². The Bertz CT molecular complexity index is 772. The molecule has 1 amide bonds. The number of esters is 1. The number of likely N-dealkylation sites (tertiary alicyclic amines) is 1. The highest BCUT2D eigenvalue weighted by atomic mass is 32.1. The summed E-state index contributed by atoms with van der Waals surface area (Å²) >= 11 is 1.36. The van der Waals surface area contributed by atoms with Crippen molar-refractivity contribution < 1.29 is 19.1 Å². The summed E-state index contributed by atoms with van der Waals surface area (Å²) in [4.78, 5) is 30.4. The van der Waals surface area contributed by atoms with E-state index in [1.165, 1.54) is 11.3 Å². The molecule has 0 radical (unpaired) electrons. The van der Waals surface area contributed by atoms with Gasteiger partial charge in [-0.25, -0.2) is 9.78 Å². The number of carbonyl (C=O) groups is 2. The summed E-state index contributed by atoms with van der Waals surface area (Å²) in [6, 6.07) is 7.45. The summed E-state index contributed by atoms with van der Waals surface area (Å²) in [5.74, 6) is 0.541. The van der Waals surface area contributed by atoms with Gasteiger partial charge in [0.2, 0.25) is 0 Å². The molecule has 1 fully saturated rings. The number of piperidine rings is 1. The van der Waals surface area contributed by atoms with Crippen molar-refractivity contribution in [1.82, 2.24) is 9.88 Å². The van der Waals surface area contributed by atoms with Crippen molar-refractivity contribution >= 4 is 23.2 Å². The van der Waals surface area contributed by atoms with Crippen LogP contribution in [0.5, 0.6) is 5.75 Å². The molecule has 0 bridgehead atoms. The maximum Gasteiger partial charge on any atom is 0.358 e. The van der Waals surface area contributed by atoms with Gasteiger partial charge in [0.25, 0.3) is 5.91 Å². The predicted octanol–water partition coefficient (Wildman–Crippen LogP) is 3.23. The molecular weight excluding hydrogens is 352 g/mol. The lowest BCUT2D eigenvalue weighted by Crippen LogP contribution is -2.41. The second-order valence-corrected chi connectivity index (χ2v) is 7.29. The molecule has 1 aromatic carbocycles. The van der Waals surface area contributed by atoms with E-state index in [9.17, 15) is 9.59 Å². The first-order chi connectivity index (χ1) is 12.6. The van der Waals surface area contributed by atoms with E-state index >= 15 is 0 Å². The zero-order valence-corrected chi connectivity index (χ0v) is 15.8. The minimum absolute atomic E-state index is 0.143. The molecule has 2 aromatic rings. The first-order valence-electron chi connectivity index (χ1n) is 8.61. The number of methoxy groups -OCH3 is 1. The van der Waals surface area contributed by atoms with Gasteiger partial charge in [-0.15, -0.1) is 11.3 Å². The number of amides is 1. The van der Waals surface area contributed by atoms with Crippen LogP contribution in [0, 0.1) is 5.92 Å². The maximum atomic E-state index is 12.2. The fraction of sp³-hybridized carbons (Fsp3) is 0.421. The first-order valence-corrected chi connectivity index (χ1v) is 9.49. The van der Waals surface area contributed by atoms with E-state index in [0.717, 1.165) is 42.3 Å². The molecule has 6 nitrogen and oxygen atoms in total. The molecule has 138 valence electrons. The largest absolute Gasteiger partial charge is 0.497 e. The highest BCUT2D eigenvalue weighted by Gasteiger charge is 2.22. The Balaban J connectivity index is 1.56. The molecule has 1 aliphatic rings. The van der Waals surface area contributed by atoms with Crippen LogP contribution >= 0.6 is 11.3 Å². The molecule has 0 N–H and O–H groups in total. The Morgan fingerprint density at radius 2 is 2.08 bits per heavy atom. The third kappa shape index (κ3) is 4.40. The summed E-state index contributed by atoms with van der Waals surface area (Å²) in [5, 5.41) is 2.37. The van der Waals surface area contributed by atoms with Crippen LogP contribution in [-0.4, -0.2) is 48.6 Å². The smallest absolute Gasteiger partial charge is 0.358 e. The molecule has 0 saturated carbocycles. The lowest BCUT2D eigenvalue weighted by atomic mass is 10.0. The van der Waals surface area contributed by atoms with E-state index in [2.05, 4.69) is 11.9 Å². The van der Waals surface area contributed by atoms with Crippen molar-refractivity contribution in [3.05, 3.63) is 35.3 Å². The standard InChI is InChI=1S/C19H22N2O4S/c1-13-4-3-9-21(10-13)17(22)11-25-19(23)16-12-26-18(20-16)14-5-7-15(24-2)8-6-14/h5-8,12-13H,3-4,9-11H2,1-2H3. The number of thiazole rings is 1. The number of ether oxygens (including phenoxy) is 2. The molecule has 1 aliphatic heterocycles. The van der Waals surface area contributed by atoms with Gasteiger partial charge in [0.1, 0.15) is 10.8 Å². The molecule has 7 heteroatoms. The normalized spacial score (nSPS) is 17.0. The van der Waals surface area contributed by atoms with Crippen LogP contribution in [0.1, 0.15) is 30.3 Å². The second-order valence-electron chi connectivity index (χ2n) is 6.43. The minimum atomic E-state index is -0.570. The van der Waals surface area contributed by atoms with Crippen LogP contribution in [0.4, 0.5) is 0 Å². The Morgan fingerprint density at radius 3 is 2.77 bits per heavy atom. The second kappa shape index (κ2) is 8.31. The van der Waals surface area contributed by atoms with E-state index in [1.807, 2.05) is 24.3 Å². The summed E-state index contributed by atoms with van der Waals surface area (Å²) in [5.41, 5.74) is 1.12. The Labute approximate surface area is 156 Å². The van der Waals surface area contributed by atoms with Crippen LogP contribution in [0.25, 0.3) is 10.6 Å². The van der Waals surface area contributed by atoms with Gasteiger partial charge in [-0.3, -0.25) is 4.79 Å².